The highest BCUT2D eigenvalue weighted by Crippen LogP contribution is 2.32. The van der Waals surface area contributed by atoms with Crippen molar-refractivity contribution < 1.29 is 39.7 Å². The molecule has 0 unspecified atom stereocenters. The number of aromatic nitrogens is 6. The van der Waals surface area contributed by atoms with Gasteiger partial charge in [-0.3, -0.25) is 33.2 Å². The van der Waals surface area contributed by atoms with Crippen molar-refractivity contribution in [3.05, 3.63) is 165 Å². The SMILES string of the molecule is COc1cnc(-c2cc(F)cc(Cl)c2)cc1-n1c(=O)ccc2cc(S(=O)(=O)Nc3ccon3)ccc21.COc1cnc(Cl)cc1-n1c(=O)ccc2cc(S(=O)(=O)Nc3ccon3)ccc21. The number of nitrogens with one attached hydrogen (secondary N) is 2. The van der Waals surface area contributed by atoms with Gasteiger partial charge in [-0.1, -0.05) is 33.5 Å². The second-order valence-corrected chi connectivity index (χ2v) is 17.7. The number of nitrogens with zero attached hydrogens (tertiary/aromatic N) is 6. The van der Waals surface area contributed by atoms with Gasteiger partial charge in [0, 0.05) is 51.7 Å². The van der Waals surface area contributed by atoms with Crippen molar-refractivity contribution in [2.24, 2.45) is 0 Å². The Kier molecular flexibility index (Phi) is 12.1. The highest BCUT2D eigenvalue weighted by atomic mass is 35.5. The lowest BCUT2D eigenvalue weighted by molar-refractivity contribution is 0.411. The van der Waals surface area contributed by atoms with Gasteiger partial charge in [0.05, 0.1) is 64.5 Å². The molecule has 0 bridgehead atoms. The lowest BCUT2D eigenvalue weighted by Crippen LogP contribution is -2.19. The van der Waals surface area contributed by atoms with Gasteiger partial charge in [-0.2, -0.15) is 0 Å². The molecule has 0 aliphatic carbocycles. The van der Waals surface area contributed by atoms with Gasteiger partial charge in [-0.15, -0.1) is 0 Å². The van der Waals surface area contributed by atoms with Crippen LogP contribution in [0, 0.1) is 5.82 Å². The summed E-state index contributed by atoms with van der Waals surface area (Å²) in [5.74, 6) is 0.179. The Labute approximate surface area is 376 Å². The van der Waals surface area contributed by atoms with Crippen LogP contribution in [0.15, 0.2) is 156 Å². The van der Waals surface area contributed by atoms with Crippen LogP contribution in [0.1, 0.15) is 0 Å². The summed E-state index contributed by atoms with van der Waals surface area (Å²) < 4.78 is 92.1. The quantitative estimate of drug-likeness (QED) is 0.120. The highest BCUT2D eigenvalue weighted by molar-refractivity contribution is 7.93. The maximum absolute atomic E-state index is 14.0. The average Bonchev–Trinajstić information content (AvgIpc) is 4.00. The molecule has 0 aliphatic heterocycles. The molecule has 0 saturated heterocycles. The third kappa shape index (κ3) is 9.24. The number of fused-ring (bicyclic) bond motifs is 2. The van der Waals surface area contributed by atoms with Crippen LogP contribution in [-0.4, -0.2) is 60.5 Å². The van der Waals surface area contributed by atoms with Crippen molar-refractivity contribution in [2.75, 3.05) is 23.7 Å². The largest absolute Gasteiger partial charge is 0.493 e. The summed E-state index contributed by atoms with van der Waals surface area (Å²) in [6, 6.07) is 24.2. The minimum Gasteiger partial charge on any atom is -0.493 e. The molecule has 0 saturated carbocycles. The highest BCUT2D eigenvalue weighted by Gasteiger charge is 2.21. The molecule has 18 nitrogen and oxygen atoms in total. The Morgan fingerprint density at radius 3 is 1.60 bits per heavy atom. The predicted molar refractivity (Wildman–Crippen MR) is 238 cm³/mol. The van der Waals surface area contributed by atoms with Crippen LogP contribution in [0.25, 0.3) is 44.4 Å². The van der Waals surface area contributed by atoms with Gasteiger partial charge in [0.15, 0.2) is 23.1 Å². The molecular weight excluding hydrogens is 931 g/mol. The summed E-state index contributed by atoms with van der Waals surface area (Å²) in [6.45, 7) is 0. The van der Waals surface area contributed by atoms with Gasteiger partial charge in [-0.05, 0) is 72.8 Å². The molecule has 9 aromatic rings. The third-order valence-electron chi connectivity index (χ3n) is 9.45. The van der Waals surface area contributed by atoms with Gasteiger partial charge < -0.3 is 18.5 Å². The van der Waals surface area contributed by atoms with E-state index in [-0.39, 0.29) is 42.9 Å². The zero-order chi connectivity index (χ0) is 46.0. The first-order valence-corrected chi connectivity index (χ1v) is 22.2. The van der Waals surface area contributed by atoms with E-state index >= 15 is 0 Å². The molecular formula is C42H29Cl2FN8O10S2. The first-order chi connectivity index (χ1) is 31.1. The second kappa shape index (κ2) is 17.9. The summed E-state index contributed by atoms with van der Waals surface area (Å²) in [4.78, 5) is 33.8. The minimum absolute atomic E-state index is 0.00192. The second-order valence-electron chi connectivity index (χ2n) is 13.5. The number of sulfonamides is 2. The topological polar surface area (TPSA) is 233 Å². The van der Waals surface area contributed by atoms with Gasteiger partial charge >= 0.3 is 0 Å². The van der Waals surface area contributed by atoms with Crippen molar-refractivity contribution in [3.8, 4) is 34.1 Å². The van der Waals surface area contributed by atoms with Crippen LogP contribution in [0.3, 0.4) is 0 Å². The molecule has 65 heavy (non-hydrogen) atoms. The van der Waals surface area contributed by atoms with E-state index < -0.39 is 31.4 Å². The molecule has 6 aromatic heterocycles. The van der Waals surface area contributed by atoms with Gasteiger partial charge in [0.2, 0.25) is 0 Å². The minimum atomic E-state index is -3.97. The lowest BCUT2D eigenvalue weighted by atomic mass is 10.1. The normalized spacial score (nSPS) is 11.5. The number of hydrogen-bond acceptors (Lipinski definition) is 14. The molecule has 330 valence electrons. The van der Waals surface area contributed by atoms with Crippen LogP contribution >= 0.6 is 23.2 Å². The maximum Gasteiger partial charge on any atom is 0.263 e. The molecule has 0 fully saturated rings. The molecule has 0 radical (unpaired) electrons. The number of hydrogen-bond donors (Lipinski definition) is 2. The van der Waals surface area contributed by atoms with Crippen LogP contribution in [0.5, 0.6) is 11.5 Å². The number of halogens is 3. The summed E-state index contributed by atoms with van der Waals surface area (Å²) in [7, 11) is -4.99. The van der Waals surface area contributed by atoms with Crippen LogP contribution in [0.4, 0.5) is 16.0 Å². The molecule has 3 aromatic carbocycles. The van der Waals surface area contributed by atoms with Gasteiger partial charge in [0.25, 0.3) is 31.2 Å². The molecule has 2 N–H and O–H groups in total. The Morgan fingerprint density at radius 2 is 1.12 bits per heavy atom. The molecule has 0 amide bonds. The van der Waals surface area contributed by atoms with Crippen LogP contribution in [0.2, 0.25) is 10.2 Å². The number of rotatable bonds is 11. The van der Waals surface area contributed by atoms with E-state index in [1.807, 2.05) is 0 Å². The fourth-order valence-electron chi connectivity index (χ4n) is 6.57. The molecule has 0 aliphatic rings. The van der Waals surface area contributed by atoms with Crippen molar-refractivity contribution in [1.82, 2.24) is 29.4 Å². The van der Waals surface area contributed by atoms with E-state index in [1.165, 1.54) is 133 Å². The predicted octanol–water partition coefficient (Wildman–Crippen LogP) is 7.48. The number of methoxy groups -OCH3 is 2. The standard InChI is InChI=1S/C24H16ClFN4O5S.C18H13ClN4O5S/c1-34-22-13-27-19(15-8-16(25)11-17(26)9-15)12-21(22)30-20-4-3-18(10-14(20)2-5-24(30)31)36(32,33)29-23-6-7-35-28-23;1-27-15-10-20-16(19)9-14(15)23-13-4-3-12(8-11(13)2-5-18(23)24)29(25,26)22-17-6-7-28-21-17/h2-13H,1H3,(H,28,29);2-10H,1H3,(H,21,22). The number of ether oxygens (including phenoxy) is 2. The first kappa shape index (κ1) is 44.0. The molecule has 0 spiro atoms. The van der Waals surface area contributed by atoms with E-state index in [0.29, 0.717) is 50.2 Å². The molecule has 6 heterocycles. The summed E-state index contributed by atoms with van der Waals surface area (Å²) >= 11 is 12.0. The third-order valence-corrected chi connectivity index (χ3v) is 12.6. The van der Waals surface area contributed by atoms with Crippen LogP contribution < -0.4 is 30.0 Å². The summed E-state index contributed by atoms with van der Waals surface area (Å²) in [5.41, 5.74) is 1.63. The first-order valence-electron chi connectivity index (χ1n) is 18.5. The van der Waals surface area contributed by atoms with E-state index in [9.17, 15) is 30.8 Å². The van der Waals surface area contributed by atoms with Crippen molar-refractivity contribution in [2.45, 2.75) is 9.79 Å². The fourth-order valence-corrected chi connectivity index (χ4v) is 9.00. The van der Waals surface area contributed by atoms with Gasteiger partial charge in [-0.25, -0.2) is 26.2 Å². The average molecular weight is 960 g/mol. The van der Waals surface area contributed by atoms with Crippen molar-refractivity contribution in [1.29, 1.82) is 0 Å². The van der Waals surface area contributed by atoms with Gasteiger partial charge in [0.1, 0.15) is 23.5 Å². The molecule has 23 heteroatoms. The van der Waals surface area contributed by atoms with Crippen LogP contribution in [-0.2, 0) is 20.0 Å². The lowest BCUT2D eigenvalue weighted by Gasteiger charge is -2.15. The van der Waals surface area contributed by atoms with E-state index in [4.69, 9.17) is 32.7 Å². The Bertz CT molecular complexity index is 3590. The molecule has 9 rings (SSSR count). The Hall–Kier alpha value is -7.59. The maximum atomic E-state index is 14.0. The number of pyridine rings is 4. The smallest absolute Gasteiger partial charge is 0.263 e. The van der Waals surface area contributed by atoms with E-state index in [1.54, 1.807) is 18.2 Å². The fraction of sp³-hybridized carbons (Fsp3) is 0.0476. The van der Waals surface area contributed by atoms with E-state index in [2.05, 4.69) is 38.8 Å². The Balaban J connectivity index is 0.000000181. The monoisotopic (exact) mass is 958 g/mol. The number of benzene rings is 3. The zero-order valence-electron chi connectivity index (χ0n) is 33.3. The van der Waals surface area contributed by atoms with Crippen molar-refractivity contribution >= 4 is 76.7 Å². The molecule has 0 atom stereocenters. The summed E-state index contributed by atoms with van der Waals surface area (Å²) in [5, 5.41) is 8.45. The summed E-state index contributed by atoms with van der Waals surface area (Å²) in [6.07, 6.45) is 5.31. The number of anilines is 2. The van der Waals surface area contributed by atoms with Crippen molar-refractivity contribution in [3.63, 3.8) is 0 Å². The zero-order valence-corrected chi connectivity index (χ0v) is 36.5. The Morgan fingerprint density at radius 1 is 0.615 bits per heavy atom. The van der Waals surface area contributed by atoms with E-state index in [0.717, 1.165) is 0 Å².